The normalized spacial score (nSPS) is 9.92. The van der Waals surface area contributed by atoms with Crippen molar-refractivity contribution in [1.82, 2.24) is 4.98 Å². The quantitative estimate of drug-likeness (QED) is 0.750. The smallest absolute Gasteiger partial charge is 0.274 e. The second-order valence-corrected chi connectivity index (χ2v) is 5.52. The van der Waals surface area contributed by atoms with Gasteiger partial charge in [-0.25, -0.2) is 4.98 Å². The molecule has 1 aromatic heterocycles. The first-order valence-corrected chi connectivity index (χ1v) is 7.76. The number of para-hydroxylation sites is 1. The average Bonchev–Trinajstić information content (AvgIpc) is 2.65. The molecule has 0 atom stereocenters. The first-order chi connectivity index (χ1) is 12.2. The molecule has 5 nitrogen and oxygen atoms in total. The molecule has 25 heavy (non-hydrogen) atoms. The molecule has 0 spiro atoms. The molecule has 0 fully saturated rings. The summed E-state index contributed by atoms with van der Waals surface area (Å²) in [6, 6.07) is 20.2. The Balaban J connectivity index is 1.68. The van der Waals surface area contributed by atoms with Gasteiger partial charge in [-0.3, -0.25) is 4.79 Å². The number of nitrogens with one attached hydrogen (secondary N) is 2. The number of nitrogens with zero attached hydrogens (tertiary/aromatic N) is 2. The van der Waals surface area contributed by atoms with Crippen LogP contribution in [-0.2, 0) is 0 Å². The van der Waals surface area contributed by atoms with Gasteiger partial charge in [-0.15, -0.1) is 0 Å². The van der Waals surface area contributed by atoms with Gasteiger partial charge in [-0.1, -0.05) is 18.2 Å². The van der Waals surface area contributed by atoms with Crippen LogP contribution >= 0.6 is 0 Å². The monoisotopic (exact) mass is 328 g/mol. The number of hydrogen-bond acceptors (Lipinski definition) is 4. The van der Waals surface area contributed by atoms with Gasteiger partial charge in [0.1, 0.15) is 5.69 Å². The Bertz CT molecular complexity index is 925. The van der Waals surface area contributed by atoms with Crippen LogP contribution < -0.4 is 10.6 Å². The zero-order valence-electron chi connectivity index (χ0n) is 13.7. The molecule has 1 heterocycles. The Kier molecular flexibility index (Phi) is 4.72. The van der Waals surface area contributed by atoms with Crippen LogP contribution in [0.25, 0.3) is 0 Å². The summed E-state index contributed by atoms with van der Waals surface area (Å²) in [5.74, 6) is -0.251. The van der Waals surface area contributed by atoms with Crippen molar-refractivity contribution < 1.29 is 4.79 Å². The molecular weight excluding hydrogens is 312 g/mol. The van der Waals surface area contributed by atoms with Crippen molar-refractivity contribution in [2.24, 2.45) is 0 Å². The predicted molar refractivity (Wildman–Crippen MR) is 97.8 cm³/mol. The Morgan fingerprint density at radius 2 is 1.72 bits per heavy atom. The Morgan fingerprint density at radius 1 is 1.00 bits per heavy atom. The van der Waals surface area contributed by atoms with E-state index in [1.54, 1.807) is 30.5 Å². The molecule has 0 aliphatic carbocycles. The maximum atomic E-state index is 12.3. The predicted octanol–water partition coefficient (Wildman–Crippen LogP) is 4.26. The summed E-state index contributed by atoms with van der Waals surface area (Å²) in [5.41, 5.74) is 4.32. The summed E-state index contributed by atoms with van der Waals surface area (Å²) in [6.07, 6.45) is 1.60. The molecule has 1 amide bonds. The SMILES string of the molecule is Cc1ccccc1NC(=O)c1ccc(Nc2ccc(C#N)cc2)cn1. The molecule has 0 radical (unpaired) electrons. The number of carbonyl (C=O) groups excluding carboxylic acids is 1. The van der Waals surface area contributed by atoms with Crippen molar-refractivity contribution in [3.05, 3.63) is 83.7 Å². The van der Waals surface area contributed by atoms with Gasteiger partial charge in [0.05, 0.1) is 23.5 Å². The van der Waals surface area contributed by atoms with Gasteiger partial charge in [-0.05, 0) is 55.0 Å². The maximum absolute atomic E-state index is 12.3. The molecule has 0 bridgehead atoms. The van der Waals surface area contributed by atoms with E-state index in [0.29, 0.717) is 11.3 Å². The van der Waals surface area contributed by atoms with E-state index in [9.17, 15) is 4.79 Å². The molecule has 0 aliphatic heterocycles. The lowest BCUT2D eigenvalue weighted by Gasteiger charge is -2.09. The first-order valence-electron chi connectivity index (χ1n) is 7.76. The molecule has 0 saturated carbocycles. The van der Waals surface area contributed by atoms with Gasteiger partial charge in [0.15, 0.2) is 0 Å². The van der Waals surface area contributed by atoms with E-state index < -0.39 is 0 Å². The second-order valence-electron chi connectivity index (χ2n) is 5.52. The van der Waals surface area contributed by atoms with Gasteiger partial charge >= 0.3 is 0 Å². The molecular formula is C20H16N4O. The fourth-order valence-corrected chi connectivity index (χ4v) is 2.30. The van der Waals surface area contributed by atoms with Crippen molar-refractivity contribution >= 4 is 23.0 Å². The Labute approximate surface area is 146 Å². The lowest BCUT2D eigenvalue weighted by Crippen LogP contribution is -2.14. The first kappa shape index (κ1) is 16.2. The number of nitriles is 1. The lowest BCUT2D eigenvalue weighted by molar-refractivity contribution is 0.102. The zero-order valence-corrected chi connectivity index (χ0v) is 13.7. The summed E-state index contributed by atoms with van der Waals surface area (Å²) in [7, 11) is 0. The highest BCUT2D eigenvalue weighted by atomic mass is 16.1. The van der Waals surface area contributed by atoms with Gasteiger partial charge in [-0.2, -0.15) is 5.26 Å². The summed E-state index contributed by atoms with van der Waals surface area (Å²) < 4.78 is 0. The van der Waals surface area contributed by atoms with Gasteiger partial charge in [0.25, 0.3) is 5.91 Å². The van der Waals surface area contributed by atoms with E-state index >= 15 is 0 Å². The number of rotatable bonds is 4. The van der Waals surface area contributed by atoms with Crippen LogP contribution in [-0.4, -0.2) is 10.9 Å². The minimum atomic E-state index is -0.251. The van der Waals surface area contributed by atoms with Crippen LogP contribution in [0.5, 0.6) is 0 Å². The molecule has 2 aromatic carbocycles. The highest BCUT2D eigenvalue weighted by Gasteiger charge is 2.09. The third kappa shape index (κ3) is 4.01. The largest absolute Gasteiger partial charge is 0.354 e. The van der Waals surface area contributed by atoms with E-state index in [0.717, 1.165) is 22.6 Å². The number of pyridine rings is 1. The van der Waals surface area contributed by atoms with Crippen molar-refractivity contribution in [3.8, 4) is 6.07 Å². The minimum absolute atomic E-state index is 0.251. The van der Waals surface area contributed by atoms with Crippen LogP contribution in [0.15, 0.2) is 66.9 Å². The third-order valence-corrected chi connectivity index (χ3v) is 3.69. The van der Waals surface area contributed by atoms with Gasteiger partial charge in [0.2, 0.25) is 0 Å². The number of anilines is 3. The number of aromatic nitrogens is 1. The minimum Gasteiger partial charge on any atom is -0.354 e. The lowest BCUT2D eigenvalue weighted by atomic mass is 10.2. The molecule has 0 aliphatic rings. The number of hydrogen-bond donors (Lipinski definition) is 2. The molecule has 5 heteroatoms. The van der Waals surface area contributed by atoms with Gasteiger partial charge in [0, 0.05) is 11.4 Å². The fraction of sp³-hybridized carbons (Fsp3) is 0.0500. The fourth-order valence-electron chi connectivity index (χ4n) is 2.30. The number of amides is 1. The van der Waals surface area contributed by atoms with Crippen LogP contribution in [0.2, 0.25) is 0 Å². The molecule has 3 rings (SSSR count). The summed E-state index contributed by atoms with van der Waals surface area (Å²) >= 11 is 0. The summed E-state index contributed by atoms with van der Waals surface area (Å²) in [4.78, 5) is 16.5. The highest BCUT2D eigenvalue weighted by Crippen LogP contribution is 2.18. The zero-order chi connectivity index (χ0) is 17.6. The molecule has 122 valence electrons. The Morgan fingerprint density at radius 3 is 2.36 bits per heavy atom. The second kappa shape index (κ2) is 7.28. The standard InChI is InChI=1S/C20H16N4O/c1-14-4-2-3-5-18(14)24-20(25)19-11-10-17(13-22-19)23-16-8-6-15(12-21)7-9-16/h2-11,13,23H,1H3,(H,24,25). The van der Waals surface area contributed by atoms with E-state index in [4.69, 9.17) is 5.26 Å². The highest BCUT2D eigenvalue weighted by molar-refractivity contribution is 6.03. The molecule has 0 unspecified atom stereocenters. The van der Waals surface area contributed by atoms with E-state index in [1.165, 1.54) is 0 Å². The van der Waals surface area contributed by atoms with Crippen LogP contribution in [0.1, 0.15) is 21.6 Å². The van der Waals surface area contributed by atoms with E-state index in [-0.39, 0.29) is 5.91 Å². The topological polar surface area (TPSA) is 77.8 Å². The molecule has 0 saturated heterocycles. The van der Waals surface area contributed by atoms with Crippen LogP contribution in [0.4, 0.5) is 17.1 Å². The van der Waals surface area contributed by atoms with Crippen molar-refractivity contribution in [3.63, 3.8) is 0 Å². The van der Waals surface area contributed by atoms with Crippen LogP contribution in [0.3, 0.4) is 0 Å². The number of aryl methyl sites for hydroxylation is 1. The van der Waals surface area contributed by atoms with Crippen molar-refractivity contribution in [2.75, 3.05) is 10.6 Å². The number of benzene rings is 2. The van der Waals surface area contributed by atoms with Crippen LogP contribution in [0, 0.1) is 18.3 Å². The Hall–Kier alpha value is -3.65. The average molecular weight is 328 g/mol. The van der Waals surface area contributed by atoms with Crippen molar-refractivity contribution in [1.29, 1.82) is 5.26 Å². The summed E-state index contributed by atoms with van der Waals surface area (Å²) in [6.45, 7) is 1.94. The van der Waals surface area contributed by atoms with E-state index in [1.807, 2.05) is 43.3 Å². The molecule has 2 N–H and O–H groups in total. The number of carbonyl (C=O) groups is 1. The third-order valence-electron chi connectivity index (χ3n) is 3.69. The molecule has 3 aromatic rings. The van der Waals surface area contributed by atoms with E-state index in [2.05, 4.69) is 21.7 Å². The summed E-state index contributed by atoms with van der Waals surface area (Å²) in [5, 5.41) is 14.8. The maximum Gasteiger partial charge on any atom is 0.274 e. The van der Waals surface area contributed by atoms with Crippen molar-refractivity contribution in [2.45, 2.75) is 6.92 Å². The van der Waals surface area contributed by atoms with Gasteiger partial charge < -0.3 is 10.6 Å².